The Morgan fingerprint density at radius 2 is 1.57 bits per heavy atom. The average Bonchev–Trinajstić information content (AvgIpc) is 3.34. The van der Waals surface area contributed by atoms with Crippen LogP contribution in [0.3, 0.4) is 0 Å². The van der Waals surface area contributed by atoms with E-state index in [4.69, 9.17) is 5.73 Å². The first-order valence-electron chi connectivity index (χ1n) is 11.6. The lowest BCUT2D eigenvalue weighted by Gasteiger charge is -2.26. The molecule has 13 nitrogen and oxygen atoms in total. The largest absolute Gasteiger partial charge is 0.481 e. The molecule has 0 bridgehead atoms. The number of carboxylic acid groups (broad SMARTS) is 2. The summed E-state index contributed by atoms with van der Waals surface area (Å²) in [5.41, 5.74) is 7.21. The molecule has 4 atom stereocenters. The molecule has 0 saturated carbocycles. The Morgan fingerprint density at radius 3 is 2.11 bits per heavy atom. The summed E-state index contributed by atoms with van der Waals surface area (Å²) in [4.78, 5) is 68.1. The van der Waals surface area contributed by atoms with E-state index in [2.05, 4.69) is 25.9 Å². The average molecular weight is 517 g/mol. The number of hydrogen-bond donors (Lipinski definition) is 7. The first-order valence-corrected chi connectivity index (χ1v) is 11.6. The van der Waals surface area contributed by atoms with Crippen molar-refractivity contribution in [3.63, 3.8) is 0 Å². The molecule has 13 heteroatoms. The monoisotopic (exact) mass is 516 g/mol. The van der Waals surface area contributed by atoms with Crippen LogP contribution in [0.15, 0.2) is 42.9 Å². The van der Waals surface area contributed by atoms with Crippen LogP contribution in [0.4, 0.5) is 0 Å². The number of H-pyrrole nitrogens is 1. The zero-order chi connectivity index (χ0) is 27.5. The Labute approximate surface area is 213 Å². The number of aromatic amines is 1. The molecule has 200 valence electrons. The molecule has 0 aliphatic carbocycles. The highest BCUT2D eigenvalue weighted by Crippen LogP contribution is 2.07. The molecule has 1 heterocycles. The van der Waals surface area contributed by atoms with Gasteiger partial charge in [0.25, 0.3) is 0 Å². The predicted octanol–water partition coefficient (Wildman–Crippen LogP) is -0.808. The van der Waals surface area contributed by atoms with Gasteiger partial charge in [-0.1, -0.05) is 44.2 Å². The van der Waals surface area contributed by atoms with E-state index in [0.29, 0.717) is 5.69 Å². The van der Waals surface area contributed by atoms with Crippen molar-refractivity contribution < 1.29 is 34.2 Å². The summed E-state index contributed by atoms with van der Waals surface area (Å²) in [6, 6.07) is 3.84. The van der Waals surface area contributed by atoms with E-state index in [1.165, 1.54) is 12.5 Å². The van der Waals surface area contributed by atoms with Crippen LogP contribution < -0.4 is 21.7 Å². The molecule has 1 aromatic heterocycles. The topological polar surface area (TPSA) is 217 Å². The number of nitrogens with two attached hydrogens (primary N) is 1. The number of amides is 3. The minimum Gasteiger partial charge on any atom is -0.481 e. The highest BCUT2D eigenvalue weighted by molar-refractivity contribution is 5.95. The second-order valence-corrected chi connectivity index (χ2v) is 8.87. The summed E-state index contributed by atoms with van der Waals surface area (Å²) in [6.45, 7) is 3.24. The van der Waals surface area contributed by atoms with Gasteiger partial charge in [0.2, 0.25) is 17.7 Å². The van der Waals surface area contributed by atoms with Gasteiger partial charge in [0.05, 0.1) is 18.8 Å². The van der Waals surface area contributed by atoms with Crippen molar-refractivity contribution in [3.8, 4) is 0 Å². The minimum atomic E-state index is -1.51. The van der Waals surface area contributed by atoms with Crippen LogP contribution in [0, 0.1) is 5.92 Å². The number of aromatic nitrogens is 2. The molecule has 0 radical (unpaired) electrons. The van der Waals surface area contributed by atoms with Crippen LogP contribution in [0.1, 0.15) is 31.5 Å². The molecule has 3 amide bonds. The Balaban J connectivity index is 2.08. The van der Waals surface area contributed by atoms with Crippen molar-refractivity contribution >= 4 is 29.7 Å². The van der Waals surface area contributed by atoms with Gasteiger partial charge in [-0.05, 0) is 17.9 Å². The van der Waals surface area contributed by atoms with Crippen molar-refractivity contribution in [2.24, 2.45) is 11.7 Å². The van der Waals surface area contributed by atoms with Gasteiger partial charge in [0.1, 0.15) is 18.1 Å². The maximum atomic E-state index is 13.0. The molecule has 2 rings (SSSR count). The minimum absolute atomic E-state index is 0.0726. The third-order valence-electron chi connectivity index (χ3n) is 5.49. The molecule has 0 aliphatic heterocycles. The summed E-state index contributed by atoms with van der Waals surface area (Å²) < 4.78 is 0. The number of carbonyl (C=O) groups excluding carboxylic acids is 3. The number of carboxylic acids is 2. The van der Waals surface area contributed by atoms with Gasteiger partial charge in [-0.25, -0.2) is 9.78 Å². The Morgan fingerprint density at radius 1 is 0.919 bits per heavy atom. The van der Waals surface area contributed by atoms with Gasteiger partial charge in [-0.3, -0.25) is 19.2 Å². The van der Waals surface area contributed by atoms with Crippen molar-refractivity contribution in [2.75, 3.05) is 0 Å². The molecule has 1 aromatic carbocycles. The first kappa shape index (κ1) is 29.0. The molecule has 0 saturated heterocycles. The fraction of sp³-hybridized carbons (Fsp3) is 0.417. The van der Waals surface area contributed by atoms with E-state index in [-0.39, 0.29) is 12.8 Å². The number of rotatable bonds is 14. The molecule has 0 spiro atoms. The maximum absolute atomic E-state index is 13.0. The summed E-state index contributed by atoms with van der Waals surface area (Å²) in [5.74, 6) is -5.57. The van der Waals surface area contributed by atoms with Gasteiger partial charge in [0, 0.05) is 18.3 Å². The third-order valence-corrected chi connectivity index (χ3v) is 5.49. The van der Waals surface area contributed by atoms with Crippen molar-refractivity contribution in [2.45, 2.75) is 57.3 Å². The fourth-order valence-electron chi connectivity index (χ4n) is 3.49. The summed E-state index contributed by atoms with van der Waals surface area (Å²) in [7, 11) is 0. The number of aliphatic carboxylic acids is 2. The van der Waals surface area contributed by atoms with Crippen LogP contribution in [0.2, 0.25) is 0 Å². The van der Waals surface area contributed by atoms with Crippen molar-refractivity contribution in [1.29, 1.82) is 0 Å². The number of nitrogens with one attached hydrogen (secondary N) is 4. The van der Waals surface area contributed by atoms with E-state index in [1.807, 2.05) is 0 Å². The molecule has 2 aromatic rings. The lowest BCUT2D eigenvalue weighted by Crippen LogP contribution is -2.59. The summed E-state index contributed by atoms with van der Waals surface area (Å²) >= 11 is 0. The number of imidazole rings is 1. The normalized spacial score (nSPS) is 14.2. The van der Waals surface area contributed by atoms with Gasteiger partial charge in [0.15, 0.2) is 0 Å². The predicted molar refractivity (Wildman–Crippen MR) is 131 cm³/mol. The second-order valence-electron chi connectivity index (χ2n) is 8.87. The zero-order valence-electron chi connectivity index (χ0n) is 20.5. The lowest BCUT2D eigenvalue weighted by atomic mass is 10.0. The van der Waals surface area contributed by atoms with Crippen LogP contribution >= 0.6 is 0 Å². The van der Waals surface area contributed by atoms with E-state index < -0.39 is 66.2 Å². The van der Waals surface area contributed by atoms with Gasteiger partial charge in [-0.2, -0.15) is 0 Å². The first-order chi connectivity index (χ1) is 17.5. The van der Waals surface area contributed by atoms with E-state index in [1.54, 1.807) is 44.2 Å². The van der Waals surface area contributed by atoms with Crippen LogP contribution in [-0.4, -0.2) is 74.0 Å². The SMILES string of the molecule is CC(C)C(NC(=O)C(CC(=O)O)NC(=O)C(N)Cc1ccccc1)C(=O)NC(Cc1cnc[nH]1)C(=O)O. The quantitative estimate of drug-likeness (QED) is 0.167. The Bertz CT molecular complexity index is 1070. The van der Waals surface area contributed by atoms with Crippen LogP contribution in [0.5, 0.6) is 0 Å². The number of carbonyl (C=O) groups is 5. The summed E-state index contributed by atoms with van der Waals surface area (Å²) in [5, 5.41) is 25.9. The maximum Gasteiger partial charge on any atom is 0.326 e. The molecule has 0 aliphatic rings. The Hall–Kier alpha value is -4.26. The third kappa shape index (κ3) is 9.37. The summed E-state index contributed by atoms with van der Waals surface area (Å²) in [6.07, 6.45) is 2.13. The van der Waals surface area contributed by atoms with Gasteiger partial charge < -0.3 is 36.9 Å². The number of nitrogens with zero attached hydrogens (tertiary/aromatic N) is 1. The zero-order valence-corrected chi connectivity index (χ0v) is 20.5. The van der Waals surface area contributed by atoms with Crippen LogP contribution in [0.25, 0.3) is 0 Å². The number of benzene rings is 1. The molecule has 8 N–H and O–H groups in total. The standard InChI is InChI=1S/C24H32N6O7/c1-13(2)20(23(35)29-18(24(36)37)9-15-11-26-12-27-15)30-22(34)17(10-19(31)32)28-21(33)16(25)8-14-6-4-3-5-7-14/h3-7,11-13,16-18,20H,8-10,25H2,1-2H3,(H,26,27)(H,28,33)(H,29,35)(H,30,34)(H,31,32)(H,36,37). The van der Waals surface area contributed by atoms with Gasteiger partial charge in [-0.15, -0.1) is 0 Å². The van der Waals surface area contributed by atoms with Crippen molar-refractivity contribution in [3.05, 3.63) is 54.1 Å². The van der Waals surface area contributed by atoms with E-state index in [0.717, 1.165) is 5.56 Å². The van der Waals surface area contributed by atoms with E-state index in [9.17, 15) is 34.2 Å². The molecule has 4 unspecified atom stereocenters. The smallest absolute Gasteiger partial charge is 0.326 e. The van der Waals surface area contributed by atoms with E-state index >= 15 is 0 Å². The highest BCUT2D eigenvalue weighted by atomic mass is 16.4. The molecular weight excluding hydrogens is 484 g/mol. The highest BCUT2D eigenvalue weighted by Gasteiger charge is 2.33. The van der Waals surface area contributed by atoms with Gasteiger partial charge >= 0.3 is 11.9 Å². The molecule has 37 heavy (non-hydrogen) atoms. The number of hydrogen-bond acceptors (Lipinski definition) is 7. The fourth-order valence-corrected chi connectivity index (χ4v) is 3.49. The van der Waals surface area contributed by atoms with Crippen LogP contribution in [-0.2, 0) is 36.8 Å². The lowest BCUT2D eigenvalue weighted by molar-refractivity contribution is -0.143. The van der Waals surface area contributed by atoms with Crippen molar-refractivity contribution in [1.82, 2.24) is 25.9 Å². The second kappa shape index (κ2) is 13.7. The Kier molecular flexibility index (Phi) is 10.8. The molecular formula is C24H32N6O7. The molecule has 0 fully saturated rings.